The molecule has 0 bridgehead atoms. The molecule has 5 heteroatoms. The fraction of sp³-hybridized carbons (Fsp3) is 0.231. The molecule has 0 aliphatic rings. The molecule has 0 saturated carbocycles. The van der Waals surface area contributed by atoms with Gasteiger partial charge in [0, 0.05) is 16.6 Å². The van der Waals surface area contributed by atoms with Crippen molar-refractivity contribution in [3.63, 3.8) is 0 Å². The maximum absolute atomic E-state index is 10.6. The molecular weight excluding hydrogens is 296 g/mol. The Hall–Kier alpha value is -1.62. The lowest BCUT2D eigenvalue weighted by atomic mass is 10.1. The number of hydrogen-bond donors (Lipinski definition) is 1. The number of aliphatic carboxylic acids is 1. The van der Waals surface area contributed by atoms with Crippen LogP contribution < -0.4 is 0 Å². The number of benzene rings is 1. The van der Waals surface area contributed by atoms with E-state index in [1.807, 2.05) is 35.9 Å². The highest BCUT2D eigenvalue weighted by atomic mass is 79.9. The van der Waals surface area contributed by atoms with Crippen molar-refractivity contribution in [1.29, 1.82) is 0 Å². The fourth-order valence-electron chi connectivity index (χ4n) is 1.80. The summed E-state index contributed by atoms with van der Waals surface area (Å²) in [4.78, 5) is 10.6. The second kappa shape index (κ2) is 5.35. The van der Waals surface area contributed by atoms with Crippen molar-refractivity contribution in [3.8, 4) is 5.69 Å². The molecule has 0 spiro atoms. The van der Waals surface area contributed by atoms with Crippen LogP contribution in [-0.2, 0) is 11.2 Å². The lowest BCUT2D eigenvalue weighted by Gasteiger charge is -2.07. The van der Waals surface area contributed by atoms with Gasteiger partial charge >= 0.3 is 5.97 Å². The van der Waals surface area contributed by atoms with Gasteiger partial charge in [0.05, 0.1) is 11.9 Å². The van der Waals surface area contributed by atoms with Gasteiger partial charge in [0.15, 0.2) is 0 Å². The van der Waals surface area contributed by atoms with Crippen molar-refractivity contribution in [2.75, 3.05) is 0 Å². The van der Waals surface area contributed by atoms with Gasteiger partial charge in [-0.2, -0.15) is 5.10 Å². The number of para-hydroxylation sites is 1. The summed E-state index contributed by atoms with van der Waals surface area (Å²) in [5.41, 5.74) is 2.90. The molecule has 0 aliphatic heterocycles. The third-order valence-corrected chi connectivity index (χ3v) is 3.47. The molecule has 18 heavy (non-hydrogen) atoms. The first-order valence-electron chi connectivity index (χ1n) is 5.60. The summed E-state index contributed by atoms with van der Waals surface area (Å²) in [5, 5.41) is 13.0. The van der Waals surface area contributed by atoms with E-state index in [1.54, 1.807) is 6.20 Å². The second-order valence-electron chi connectivity index (χ2n) is 4.01. The summed E-state index contributed by atoms with van der Waals surface area (Å²) in [5.74, 6) is -0.789. The monoisotopic (exact) mass is 308 g/mol. The summed E-state index contributed by atoms with van der Waals surface area (Å²) in [6.45, 7) is 1.95. The molecule has 2 aromatic rings. The van der Waals surface area contributed by atoms with Crippen LogP contribution in [0.25, 0.3) is 5.69 Å². The zero-order chi connectivity index (χ0) is 13.1. The fourth-order valence-corrected chi connectivity index (χ4v) is 2.25. The Bertz CT molecular complexity index is 578. The van der Waals surface area contributed by atoms with E-state index in [-0.39, 0.29) is 6.42 Å². The number of rotatable bonds is 4. The minimum absolute atomic E-state index is 0.127. The predicted molar refractivity (Wildman–Crippen MR) is 72.0 cm³/mol. The summed E-state index contributed by atoms with van der Waals surface area (Å²) >= 11 is 3.48. The molecule has 1 heterocycles. The van der Waals surface area contributed by atoms with Gasteiger partial charge in [-0.1, -0.05) is 12.1 Å². The Kier molecular flexibility index (Phi) is 3.81. The van der Waals surface area contributed by atoms with Gasteiger partial charge < -0.3 is 5.11 Å². The van der Waals surface area contributed by atoms with Gasteiger partial charge in [0.1, 0.15) is 0 Å². The Morgan fingerprint density at radius 3 is 2.83 bits per heavy atom. The van der Waals surface area contributed by atoms with Gasteiger partial charge in [-0.05, 0) is 47.0 Å². The molecule has 94 valence electrons. The minimum atomic E-state index is -0.789. The summed E-state index contributed by atoms with van der Waals surface area (Å²) in [6.07, 6.45) is 2.37. The van der Waals surface area contributed by atoms with Crippen molar-refractivity contribution in [2.24, 2.45) is 0 Å². The number of carbonyl (C=O) groups is 1. The van der Waals surface area contributed by atoms with Crippen LogP contribution in [0.3, 0.4) is 0 Å². The van der Waals surface area contributed by atoms with Crippen LogP contribution >= 0.6 is 15.9 Å². The number of nitrogens with zero attached hydrogens (tertiary/aromatic N) is 2. The molecule has 1 N–H and O–H groups in total. The van der Waals surface area contributed by atoms with E-state index in [0.717, 1.165) is 21.4 Å². The van der Waals surface area contributed by atoms with Crippen LogP contribution in [0.4, 0.5) is 0 Å². The van der Waals surface area contributed by atoms with E-state index >= 15 is 0 Å². The third kappa shape index (κ3) is 2.61. The standard InChI is InChI=1S/C13H13BrN2O2/c1-9-10(6-7-13(17)18)8-15-16(9)12-5-3-2-4-11(12)14/h2-5,8H,6-7H2,1H3,(H,17,18). The summed E-state index contributed by atoms with van der Waals surface area (Å²) < 4.78 is 2.78. The maximum Gasteiger partial charge on any atom is 0.303 e. The van der Waals surface area contributed by atoms with Crippen molar-refractivity contribution in [2.45, 2.75) is 19.8 Å². The SMILES string of the molecule is Cc1c(CCC(=O)O)cnn1-c1ccccc1Br. The number of carboxylic acids is 1. The van der Waals surface area contributed by atoms with E-state index in [2.05, 4.69) is 21.0 Å². The molecule has 4 nitrogen and oxygen atoms in total. The topological polar surface area (TPSA) is 55.1 Å². The van der Waals surface area contributed by atoms with Crippen LogP contribution in [0.1, 0.15) is 17.7 Å². The first-order valence-corrected chi connectivity index (χ1v) is 6.39. The molecule has 0 atom stereocenters. The number of aryl methyl sites for hydroxylation is 1. The summed E-state index contributed by atoms with van der Waals surface area (Å²) in [6, 6.07) is 7.80. The molecule has 0 unspecified atom stereocenters. The number of halogens is 1. The van der Waals surface area contributed by atoms with Gasteiger partial charge in [0.2, 0.25) is 0 Å². The van der Waals surface area contributed by atoms with E-state index in [4.69, 9.17) is 5.11 Å². The van der Waals surface area contributed by atoms with E-state index in [1.165, 1.54) is 0 Å². The summed E-state index contributed by atoms with van der Waals surface area (Å²) in [7, 11) is 0. The van der Waals surface area contributed by atoms with E-state index in [0.29, 0.717) is 6.42 Å². The molecular formula is C13H13BrN2O2. The van der Waals surface area contributed by atoms with Crippen LogP contribution in [0.5, 0.6) is 0 Å². The Balaban J connectivity index is 2.31. The van der Waals surface area contributed by atoms with Crippen LogP contribution in [-0.4, -0.2) is 20.9 Å². The van der Waals surface area contributed by atoms with Crippen LogP contribution in [0, 0.1) is 6.92 Å². The van der Waals surface area contributed by atoms with Crippen molar-refractivity contribution < 1.29 is 9.90 Å². The quantitative estimate of drug-likeness (QED) is 0.944. The zero-order valence-corrected chi connectivity index (χ0v) is 11.5. The van der Waals surface area contributed by atoms with Gasteiger partial charge in [-0.15, -0.1) is 0 Å². The molecule has 0 fully saturated rings. The zero-order valence-electron chi connectivity index (χ0n) is 9.93. The Morgan fingerprint density at radius 2 is 2.17 bits per heavy atom. The first-order chi connectivity index (χ1) is 8.59. The number of hydrogen-bond acceptors (Lipinski definition) is 2. The smallest absolute Gasteiger partial charge is 0.303 e. The predicted octanol–water partition coefficient (Wildman–Crippen LogP) is 2.96. The highest BCUT2D eigenvalue weighted by Crippen LogP contribution is 2.22. The second-order valence-corrected chi connectivity index (χ2v) is 4.87. The Labute approximate surface area is 113 Å². The normalized spacial score (nSPS) is 10.6. The maximum atomic E-state index is 10.6. The highest BCUT2D eigenvalue weighted by molar-refractivity contribution is 9.10. The molecule has 0 radical (unpaired) electrons. The number of aromatic nitrogens is 2. The molecule has 2 rings (SSSR count). The third-order valence-electron chi connectivity index (χ3n) is 2.80. The van der Waals surface area contributed by atoms with Gasteiger partial charge in [-0.25, -0.2) is 4.68 Å². The lowest BCUT2D eigenvalue weighted by Crippen LogP contribution is -2.02. The van der Waals surface area contributed by atoms with Crippen LogP contribution in [0.15, 0.2) is 34.9 Å². The van der Waals surface area contributed by atoms with Gasteiger partial charge in [-0.3, -0.25) is 4.79 Å². The molecule has 1 aromatic heterocycles. The molecule has 0 aliphatic carbocycles. The molecule has 0 amide bonds. The largest absolute Gasteiger partial charge is 0.481 e. The highest BCUT2D eigenvalue weighted by Gasteiger charge is 2.11. The minimum Gasteiger partial charge on any atom is -0.481 e. The van der Waals surface area contributed by atoms with Crippen molar-refractivity contribution in [3.05, 3.63) is 46.2 Å². The average Bonchev–Trinajstić information content (AvgIpc) is 2.69. The number of carboxylic acid groups (broad SMARTS) is 1. The molecule has 1 aromatic carbocycles. The van der Waals surface area contributed by atoms with Crippen LogP contribution in [0.2, 0.25) is 0 Å². The van der Waals surface area contributed by atoms with Crippen molar-refractivity contribution >= 4 is 21.9 Å². The van der Waals surface area contributed by atoms with Gasteiger partial charge in [0.25, 0.3) is 0 Å². The lowest BCUT2D eigenvalue weighted by molar-refractivity contribution is -0.136. The average molecular weight is 309 g/mol. The van der Waals surface area contributed by atoms with E-state index in [9.17, 15) is 4.79 Å². The Morgan fingerprint density at radius 1 is 1.44 bits per heavy atom. The van der Waals surface area contributed by atoms with E-state index < -0.39 is 5.97 Å². The van der Waals surface area contributed by atoms with Crippen molar-refractivity contribution in [1.82, 2.24) is 9.78 Å². The first kappa shape index (κ1) is 12.8. The molecule has 0 saturated heterocycles.